The summed E-state index contributed by atoms with van der Waals surface area (Å²) in [6, 6.07) is -1.05. The number of β-lactam (4-membered cyclic amide) rings is 1. The third kappa shape index (κ3) is 5.18. The number of thiazole rings is 1. The summed E-state index contributed by atoms with van der Waals surface area (Å²) in [7, 11) is 1.47. The van der Waals surface area contributed by atoms with Gasteiger partial charge in [-0.1, -0.05) is 5.16 Å². The number of aliphatic carboxylic acids is 1. The largest absolute Gasteiger partial charge is 0.477 e. The summed E-state index contributed by atoms with van der Waals surface area (Å²) in [6.45, 7) is 0.173. The molecule has 16 heteroatoms. The molecule has 1 saturated heterocycles. The number of nitrogens with one attached hydrogen (secondary N) is 2. The molecule has 3 rings (SSSR count). The standard InChI is InChI=1S/C17H20N6O8S2/c1-30-3-2-19-17(28)31-4-7-5-32-14-10(13(25)23(14)11(7)15(26)27)21-12(24)9(22-29)8-6-33-16(18)20-8/h6,10,14,29H,2-5H2,1H3,(H2,18,20)(H,19,28)(H,21,24)(H,26,27)/b22-9-/t10?,14-/m0/s1. The molecule has 1 unspecified atom stereocenters. The maximum atomic E-state index is 12.7. The number of hydrogen-bond acceptors (Lipinski definition) is 12. The van der Waals surface area contributed by atoms with E-state index in [1.165, 1.54) is 24.3 Å². The van der Waals surface area contributed by atoms with Crippen LogP contribution in [0.5, 0.6) is 0 Å². The monoisotopic (exact) mass is 500 g/mol. The molecule has 178 valence electrons. The number of ether oxygens (including phenoxy) is 2. The van der Waals surface area contributed by atoms with Crippen LogP contribution in [0.2, 0.25) is 0 Å². The molecule has 6 N–H and O–H groups in total. The zero-order chi connectivity index (χ0) is 24.1. The number of amides is 3. The van der Waals surface area contributed by atoms with Gasteiger partial charge >= 0.3 is 12.1 Å². The topological polar surface area (TPSA) is 206 Å². The predicted molar refractivity (Wildman–Crippen MR) is 116 cm³/mol. The summed E-state index contributed by atoms with van der Waals surface area (Å²) in [5.74, 6) is -2.76. The highest BCUT2D eigenvalue weighted by Crippen LogP contribution is 2.40. The van der Waals surface area contributed by atoms with Crippen LogP contribution in [0.25, 0.3) is 0 Å². The minimum atomic E-state index is -1.37. The van der Waals surface area contributed by atoms with Crippen molar-refractivity contribution in [2.75, 3.05) is 38.4 Å². The number of nitrogens with zero attached hydrogens (tertiary/aromatic N) is 3. The van der Waals surface area contributed by atoms with E-state index in [0.29, 0.717) is 0 Å². The third-order valence-corrected chi connectivity index (χ3v) is 6.58. The van der Waals surface area contributed by atoms with Crippen LogP contribution in [-0.4, -0.2) is 93.8 Å². The molecule has 3 heterocycles. The highest BCUT2D eigenvalue weighted by molar-refractivity contribution is 8.00. The number of carbonyl (C=O) groups is 4. The van der Waals surface area contributed by atoms with Crippen LogP contribution in [0.15, 0.2) is 21.8 Å². The molecule has 1 aromatic heterocycles. The number of nitrogen functional groups attached to an aromatic ring is 1. The number of hydrogen-bond donors (Lipinski definition) is 5. The van der Waals surface area contributed by atoms with E-state index in [-0.39, 0.29) is 47.6 Å². The van der Waals surface area contributed by atoms with Crippen molar-refractivity contribution in [3.63, 3.8) is 0 Å². The quantitative estimate of drug-likeness (QED) is 0.0915. The van der Waals surface area contributed by atoms with Crippen LogP contribution >= 0.6 is 23.1 Å². The van der Waals surface area contributed by atoms with Gasteiger partial charge in [-0.25, -0.2) is 14.6 Å². The van der Waals surface area contributed by atoms with Gasteiger partial charge in [0.2, 0.25) is 0 Å². The van der Waals surface area contributed by atoms with Crippen LogP contribution in [0.4, 0.5) is 9.93 Å². The van der Waals surface area contributed by atoms with Crippen molar-refractivity contribution in [3.05, 3.63) is 22.3 Å². The summed E-state index contributed by atoms with van der Waals surface area (Å²) in [4.78, 5) is 53.6. The lowest BCUT2D eigenvalue weighted by Gasteiger charge is -2.49. The highest BCUT2D eigenvalue weighted by atomic mass is 32.2. The number of carboxylic acids is 1. The van der Waals surface area contributed by atoms with Crippen LogP contribution < -0.4 is 16.4 Å². The van der Waals surface area contributed by atoms with Crippen molar-refractivity contribution < 1.29 is 39.0 Å². The second kappa shape index (κ2) is 10.5. The molecule has 0 radical (unpaired) electrons. The number of oxime groups is 1. The smallest absolute Gasteiger partial charge is 0.407 e. The fourth-order valence-electron chi connectivity index (χ4n) is 3.07. The summed E-state index contributed by atoms with van der Waals surface area (Å²) >= 11 is 2.23. The number of carbonyl (C=O) groups excluding carboxylic acids is 3. The Balaban J connectivity index is 1.67. The number of anilines is 1. The molecule has 0 spiro atoms. The van der Waals surface area contributed by atoms with Crippen molar-refractivity contribution in [1.29, 1.82) is 0 Å². The Hall–Kier alpha value is -3.37. The van der Waals surface area contributed by atoms with Crippen LogP contribution in [-0.2, 0) is 23.9 Å². The number of alkyl carbamates (subject to hydrolysis) is 1. The number of thioether (sulfide) groups is 1. The van der Waals surface area contributed by atoms with Gasteiger partial charge in [0.15, 0.2) is 10.8 Å². The molecule has 0 bridgehead atoms. The third-order valence-electron chi connectivity index (χ3n) is 4.57. The normalized spacial score (nSPS) is 20.1. The van der Waals surface area contributed by atoms with E-state index in [1.54, 1.807) is 0 Å². The van der Waals surface area contributed by atoms with Gasteiger partial charge in [-0.2, -0.15) is 0 Å². The van der Waals surface area contributed by atoms with Crippen molar-refractivity contribution in [1.82, 2.24) is 20.5 Å². The number of rotatable bonds is 9. The first-order chi connectivity index (χ1) is 15.8. The lowest BCUT2D eigenvalue weighted by Crippen LogP contribution is -2.71. The first kappa shape index (κ1) is 24.3. The molecule has 14 nitrogen and oxygen atoms in total. The van der Waals surface area contributed by atoms with Gasteiger partial charge in [0.1, 0.15) is 29.4 Å². The average molecular weight is 501 g/mol. The summed E-state index contributed by atoms with van der Waals surface area (Å²) in [5.41, 5.74) is 5.06. The van der Waals surface area contributed by atoms with Gasteiger partial charge in [-0.15, -0.1) is 23.1 Å². The molecule has 2 aliphatic rings. The first-order valence-corrected chi connectivity index (χ1v) is 11.2. The Morgan fingerprint density at radius 1 is 1.42 bits per heavy atom. The first-order valence-electron chi connectivity index (χ1n) is 9.32. The Morgan fingerprint density at radius 2 is 2.18 bits per heavy atom. The van der Waals surface area contributed by atoms with E-state index in [4.69, 9.17) is 15.2 Å². The second-order valence-corrected chi connectivity index (χ2v) is 8.63. The number of fused-ring (bicyclic) bond motifs is 1. The maximum absolute atomic E-state index is 12.7. The van der Waals surface area contributed by atoms with E-state index in [9.17, 15) is 29.5 Å². The summed E-state index contributed by atoms with van der Waals surface area (Å²) in [5, 5.41) is 27.5. The zero-order valence-corrected chi connectivity index (χ0v) is 18.8. The lowest BCUT2D eigenvalue weighted by atomic mass is 10.0. The van der Waals surface area contributed by atoms with E-state index < -0.39 is 41.0 Å². The molecule has 33 heavy (non-hydrogen) atoms. The van der Waals surface area contributed by atoms with Crippen molar-refractivity contribution in [3.8, 4) is 0 Å². The molecule has 3 amide bonds. The molecule has 0 aromatic carbocycles. The van der Waals surface area contributed by atoms with Gasteiger partial charge in [0.05, 0.1) is 6.61 Å². The Kier molecular flexibility index (Phi) is 7.72. The van der Waals surface area contributed by atoms with Crippen molar-refractivity contribution in [2.24, 2.45) is 5.16 Å². The molecule has 0 saturated carbocycles. The highest BCUT2D eigenvalue weighted by Gasteiger charge is 2.54. The number of methoxy groups -OCH3 is 1. The SMILES string of the molecule is COCCNC(=O)OCC1=C(C(=O)O)N2C(=O)C(NC(=O)/C(=N\O)c3csc(N)n3)[C@@H]2SC1. The molecule has 0 aliphatic carbocycles. The molecular formula is C17H20N6O8S2. The Bertz CT molecular complexity index is 1020. The van der Waals surface area contributed by atoms with Crippen molar-refractivity contribution >= 4 is 57.8 Å². The maximum Gasteiger partial charge on any atom is 0.407 e. The van der Waals surface area contributed by atoms with E-state index in [1.807, 2.05) is 0 Å². The second-order valence-electron chi connectivity index (χ2n) is 6.63. The van der Waals surface area contributed by atoms with Crippen LogP contribution in [0.3, 0.4) is 0 Å². The van der Waals surface area contributed by atoms with Gasteiger partial charge in [-0.05, 0) is 0 Å². The minimum absolute atomic E-state index is 0.0340. The summed E-state index contributed by atoms with van der Waals surface area (Å²) < 4.78 is 9.83. The zero-order valence-electron chi connectivity index (χ0n) is 17.1. The molecule has 1 aromatic rings. The Labute approximate surface area is 194 Å². The molecule has 2 aliphatic heterocycles. The number of carboxylic acid groups (broad SMARTS) is 1. The van der Waals surface area contributed by atoms with E-state index in [2.05, 4.69) is 20.8 Å². The molecule has 2 atom stereocenters. The average Bonchev–Trinajstić information content (AvgIpc) is 3.21. The fraction of sp³-hybridized carbons (Fsp3) is 0.412. The predicted octanol–water partition coefficient (Wildman–Crippen LogP) is -0.985. The van der Waals surface area contributed by atoms with Crippen LogP contribution in [0.1, 0.15) is 5.69 Å². The van der Waals surface area contributed by atoms with E-state index >= 15 is 0 Å². The summed E-state index contributed by atoms with van der Waals surface area (Å²) in [6.07, 6.45) is -0.755. The lowest BCUT2D eigenvalue weighted by molar-refractivity contribution is -0.150. The molecular weight excluding hydrogens is 480 g/mol. The van der Waals surface area contributed by atoms with Gasteiger partial charge in [0.25, 0.3) is 11.8 Å². The minimum Gasteiger partial charge on any atom is -0.477 e. The number of nitrogens with two attached hydrogens (primary N) is 1. The van der Waals surface area contributed by atoms with Crippen LogP contribution in [0, 0.1) is 0 Å². The van der Waals surface area contributed by atoms with Gasteiger partial charge in [-0.3, -0.25) is 14.5 Å². The van der Waals surface area contributed by atoms with Gasteiger partial charge in [0, 0.05) is 30.4 Å². The fourth-order valence-corrected chi connectivity index (χ4v) is 4.95. The van der Waals surface area contributed by atoms with Gasteiger partial charge < -0.3 is 36.2 Å². The molecule has 1 fully saturated rings. The van der Waals surface area contributed by atoms with E-state index in [0.717, 1.165) is 16.2 Å². The van der Waals surface area contributed by atoms with Crippen molar-refractivity contribution in [2.45, 2.75) is 11.4 Å². The Morgan fingerprint density at radius 3 is 2.79 bits per heavy atom. The number of aromatic nitrogens is 1.